The van der Waals surface area contributed by atoms with E-state index in [2.05, 4.69) is 0 Å². The molecule has 0 aliphatic carbocycles. The first-order chi connectivity index (χ1) is 9.66. The Labute approximate surface area is 115 Å². The third-order valence-electron chi connectivity index (χ3n) is 3.35. The van der Waals surface area contributed by atoms with Gasteiger partial charge in [-0.15, -0.1) is 0 Å². The highest BCUT2D eigenvalue weighted by molar-refractivity contribution is 6.11. The number of benzene rings is 2. The summed E-state index contributed by atoms with van der Waals surface area (Å²) in [6, 6.07) is 8.06. The van der Waals surface area contributed by atoms with E-state index in [4.69, 9.17) is 4.74 Å². The van der Waals surface area contributed by atoms with E-state index in [0.29, 0.717) is 12.4 Å². The van der Waals surface area contributed by atoms with Crippen molar-refractivity contribution in [1.82, 2.24) is 0 Å². The van der Waals surface area contributed by atoms with Gasteiger partial charge in [0.2, 0.25) is 0 Å². The van der Waals surface area contributed by atoms with E-state index < -0.39 is 17.4 Å². The Morgan fingerprint density at radius 1 is 1.10 bits per heavy atom. The lowest BCUT2D eigenvalue weighted by Crippen LogP contribution is -2.14. The molecule has 0 amide bonds. The molecule has 2 aromatic rings. The van der Waals surface area contributed by atoms with Crippen LogP contribution in [-0.4, -0.2) is 12.4 Å². The Bertz CT molecular complexity index is 680. The maximum Gasteiger partial charge on any atom is 0.199 e. The van der Waals surface area contributed by atoms with Gasteiger partial charge >= 0.3 is 0 Å². The molecule has 20 heavy (non-hydrogen) atoms. The van der Waals surface area contributed by atoms with Crippen LogP contribution in [0.1, 0.15) is 27.9 Å². The molecule has 102 valence electrons. The van der Waals surface area contributed by atoms with Crippen molar-refractivity contribution in [3.63, 3.8) is 0 Å². The summed E-state index contributed by atoms with van der Waals surface area (Å²) in [4.78, 5) is 12.4. The summed E-state index contributed by atoms with van der Waals surface area (Å²) in [7, 11) is 0. The van der Waals surface area contributed by atoms with Gasteiger partial charge in [0.25, 0.3) is 0 Å². The van der Waals surface area contributed by atoms with Crippen molar-refractivity contribution < 1.29 is 18.3 Å². The Hall–Kier alpha value is -2.23. The minimum absolute atomic E-state index is 0.271. The van der Waals surface area contributed by atoms with Crippen molar-refractivity contribution in [2.24, 2.45) is 0 Å². The van der Waals surface area contributed by atoms with E-state index in [1.54, 1.807) is 12.1 Å². The topological polar surface area (TPSA) is 26.3 Å². The van der Waals surface area contributed by atoms with Crippen LogP contribution in [0.5, 0.6) is 5.75 Å². The number of ether oxygens (including phenoxy) is 1. The largest absolute Gasteiger partial charge is 0.493 e. The van der Waals surface area contributed by atoms with Gasteiger partial charge in [-0.1, -0.05) is 12.1 Å². The maximum absolute atomic E-state index is 13.7. The Balaban J connectivity index is 2.09. The van der Waals surface area contributed by atoms with Gasteiger partial charge < -0.3 is 4.74 Å². The van der Waals surface area contributed by atoms with Gasteiger partial charge in [0.1, 0.15) is 17.4 Å². The number of carbonyl (C=O) groups excluding carboxylic acids is 1. The molecule has 0 saturated carbocycles. The number of ketones is 1. The predicted octanol–water partition coefficient (Wildman–Crippen LogP) is 3.52. The van der Waals surface area contributed by atoms with E-state index in [1.807, 2.05) is 6.07 Å². The molecule has 1 aliphatic rings. The highest BCUT2D eigenvalue weighted by Gasteiger charge is 2.22. The summed E-state index contributed by atoms with van der Waals surface area (Å²) in [6.45, 7) is 0.531. The summed E-state index contributed by atoms with van der Waals surface area (Å²) in [6.07, 6.45) is 1.71. The van der Waals surface area contributed by atoms with Gasteiger partial charge in [-0.2, -0.15) is 0 Å². The fourth-order valence-corrected chi connectivity index (χ4v) is 2.38. The first-order valence-electron chi connectivity index (χ1n) is 6.41. The number of para-hydroxylation sites is 1. The normalized spacial score (nSPS) is 13.5. The van der Waals surface area contributed by atoms with Crippen LogP contribution in [0.4, 0.5) is 8.78 Å². The molecule has 0 N–H and O–H groups in total. The van der Waals surface area contributed by atoms with Crippen molar-refractivity contribution in [3.8, 4) is 5.75 Å². The van der Waals surface area contributed by atoms with Gasteiger partial charge in [0.15, 0.2) is 5.78 Å². The van der Waals surface area contributed by atoms with E-state index >= 15 is 0 Å². The first-order valence-corrected chi connectivity index (χ1v) is 6.41. The molecule has 0 aromatic heterocycles. The molecule has 3 rings (SSSR count). The number of fused-ring (bicyclic) bond motifs is 1. The monoisotopic (exact) mass is 274 g/mol. The molecule has 0 radical (unpaired) electrons. The minimum atomic E-state index is -0.732. The molecule has 0 unspecified atom stereocenters. The zero-order valence-electron chi connectivity index (χ0n) is 10.7. The molecule has 0 fully saturated rings. The van der Waals surface area contributed by atoms with Crippen LogP contribution >= 0.6 is 0 Å². The zero-order chi connectivity index (χ0) is 14.1. The van der Waals surface area contributed by atoms with Crippen LogP contribution in [0.25, 0.3) is 0 Å². The zero-order valence-corrected chi connectivity index (χ0v) is 10.7. The van der Waals surface area contributed by atoms with Crippen molar-refractivity contribution in [2.75, 3.05) is 6.61 Å². The van der Waals surface area contributed by atoms with Crippen LogP contribution < -0.4 is 4.74 Å². The standard InChI is InChI=1S/C16H12F2O2/c17-11-6-7-14(18)13(9-11)15(19)12-5-1-3-10-4-2-8-20-16(10)12/h1,3,5-7,9H,2,4,8H2. The molecule has 0 atom stereocenters. The third-order valence-corrected chi connectivity index (χ3v) is 3.35. The number of rotatable bonds is 2. The smallest absolute Gasteiger partial charge is 0.199 e. The maximum atomic E-state index is 13.7. The summed E-state index contributed by atoms with van der Waals surface area (Å²) < 4.78 is 32.5. The van der Waals surface area contributed by atoms with Crippen molar-refractivity contribution in [1.29, 1.82) is 0 Å². The SMILES string of the molecule is O=C(c1cc(F)ccc1F)c1cccc2c1OCCC2. The minimum Gasteiger partial charge on any atom is -0.493 e. The van der Waals surface area contributed by atoms with Crippen LogP contribution in [0, 0.1) is 11.6 Å². The fraction of sp³-hybridized carbons (Fsp3) is 0.188. The summed E-state index contributed by atoms with van der Waals surface area (Å²) in [5.41, 5.74) is 0.943. The molecule has 1 heterocycles. The third kappa shape index (κ3) is 2.18. The Morgan fingerprint density at radius 3 is 2.80 bits per heavy atom. The Morgan fingerprint density at radius 2 is 1.95 bits per heavy atom. The van der Waals surface area contributed by atoms with Crippen molar-refractivity contribution in [2.45, 2.75) is 12.8 Å². The fourth-order valence-electron chi connectivity index (χ4n) is 2.38. The van der Waals surface area contributed by atoms with Crippen molar-refractivity contribution in [3.05, 3.63) is 64.7 Å². The lowest BCUT2D eigenvalue weighted by Gasteiger charge is -2.19. The van der Waals surface area contributed by atoms with E-state index in [1.165, 1.54) is 0 Å². The average Bonchev–Trinajstić information content (AvgIpc) is 2.48. The molecule has 1 aliphatic heterocycles. The second kappa shape index (κ2) is 5.04. The number of aryl methyl sites for hydroxylation is 1. The van der Waals surface area contributed by atoms with Gasteiger partial charge in [0.05, 0.1) is 17.7 Å². The molecule has 0 saturated heterocycles. The molecule has 2 aromatic carbocycles. The summed E-state index contributed by atoms with van der Waals surface area (Å²) >= 11 is 0. The lowest BCUT2D eigenvalue weighted by atomic mass is 9.96. The van der Waals surface area contributed by atoms with Gasteiger partial charge in [0, 0.05) is 0 Å². The number of halogens is 2. The number of carbonyl (C=O) groups is 1. The van der Waals surface area contributed by atoms with Crippen LogP contribution in [0.3, 0.4) is 0 Å². The predicted molar refractivity (Wildman–Crippen MR) is 70.0 cm³/mol. The van der Waals surface area contributed by atoms with Crippen molar-refractivity contribution >= 4 is 5.78 Å². The van der Waals surface area contributed by atoms with Crippen LogP contribution in [-0.2, 0) is 6.42 Å². The lowest BCUT2D eigenvalue weighted by molar-refractivity contribution is 0.103. The molecule has 4 heteroatoms. The summed E-state index contributed by atoms with van der Waals surface area (Å²) in [5.74, 6) is -1.43. The van der Waals surface area contributed by atoms with Crippen LogP contribution in [0.2, 0.25) is 0 Å². The number of hydrogen-bond donors (Lipinski definition) is 0. The highest BCUT2D eigenvalue weighted by Crippen LogP contribution is 2.31. The molecular formula is C16H12F2O2. The van der Waals surface area contributed by atoms with Gasteiger partial charge in [-0.05, 0) is 42.7 Å². The second-order valence-electron chi connectivity index (χ2n) is 4.70. The first kappa shape index (κ1) is 12.8. The van der Waals surface area contributed by atoms with E-state index in [-0.39, 0.29) is 11.1 Å². The molecule has 0 spiro atoms. The Kier molecular flexibility index (Phi) is 3.22. The van der Waals surface area contributed by atoms with Gasteiger partial charge in [-0.3, -0.25) is 4.79 Å². The average molecular weight is 274 g/mol. The number of hydrogen-bond acceptors (Lipinski definition) is 2. The summed E-state index contributed by atoms with van der Waals surface area (Å²) in [5, 5.41) is 0. The molecular weight excluding hydrogens is 262 g/mol. The quantitative estimate of drug-likeness (QED) is 0.783. The molecule has 0 bridgehead atoms. The van der Waals surface area contributed by atoms with E-state index in [9.17, 15) is 13.6 Å². The van der Waals surface area contributed by atoms with Crippen LogP contribution in [0.15, 0.2) is 36.4 Å². The second-order valence-corrected chi connectivity index (χ2v) is 4.70. The molecule has 2 nitrogen and oxygen atoms in total. The van der Waals surface area contributed by atoms with Gasteiger partial charge in [-0.25, -0.2) is 8.78 Å². The van der Waals surface area contributed by atoms with E-state index in [0.717, 1.165) is 36.6 Å². The highest BCUT2D eigenvalue weighted by atomic mass is 19.1.